The van der Waals surface area contributed by atoms with E-state index in [0.717, 1.165) is 6.07 Å². The Hall–Kier alpha value is -1.70. The van der Waals surface area contributed by atoms with Gasteiger partial charge in [0.05, 0.1) is 0 Å². The number of carbonyl (C=O) groups excluding carboxylic acids is 2. The Morgan fingerprint density at radius 3 is 2.53 bits per heavy atom. The van der Waals surface area contributed by atoms with E-state index >= 15 is 0 Å². The summed E-state index contributed by atoms with van der Waals surface area (Å²) < 4.78 is 18.7. The molecule has 1 heterocycles. The summed E-state index contributed by atoms with van der Waals surface area (Å²) in [5.74, 6) is -1.69. The van der Waals surface area contributed by atoms with Crippen molar-refractivity contribution < 1.29 is 18.7 Å². The molecule has 0 saturated carbocycles. The third-order valence-corrected chi connectivity index (χ3v) is 2.13. The molecule has 0 aliphatic carbocycles. The van der Waals surface area contributed by atoms with Gasteiger partial charge < -0.3 is 4.74 Å². The summed E-state index contributed by atoms with van der Waals surface area (Å²) in [6, 6.07) is 1.09. The summed E-state index contributed by atoms with van der Waals surface area (Å²) >= 11 is 3.02. The molecule has 0 atom stereocenters. The predicted octanol–water partition coefficient (Wildman–Crippen LogP) is 2.15. The van der Waals surface area contributed by atoms with Gasteiger partial charge in [-0.25, -0.2) is 19.6 Å². The number of pyridine rings is 1. The van der Waals surface area contributed by atoms with Gasteiger partial charge in [0.15, 0.2) is 11.5 Å². The van der Waals surface area contributed by atoms with E-state index in [0.29, 0.717) is 4.47 Å². The fraction of sp³-hybridized carbons (Fsp3) is 0.364. The normalized spacial score (nSPS) is 10.8. The van der Waals surface area contributed by atoms with Crippen molar-refractivity contribution in [1.82, 2.24) is 15.8 Å². The van der Waals surface area contributed by atoms with Crippen LogP contribution in [-0.2, 0) is 4.74 Å². The van der Waals surface area contributed by atoms with E-state index in [4.69, 9.17) is 4.74 Å². The van der Waals surface area contributed by atoms with Gasteiger partial charge in [-0.3, -0.25) is 10.2 Å². The Morgan fingerprint density at radius 2 is 2.00 bits per heavy atom. The van der Waals surface area contributed by atoms with E-state index < -0.39 is 29.1 Å². The van der Waals surface area contributed by atoms with Crippen LogP contribution in [0.4, 0.5) is 9.18 Å². The molecular weight excluding hydrogens is 321 g/mol. The third-order valence-electron chi connectivity index (χ3n) is 1.70. The molecule has 8 heteroatoms. The molecule has 19 heavy (non-hydrogen) atoms. The number of hydrogen-bond donors (Lipinski definition) is 2. The van der Waals surface area contributed by atoms with E-state index in [-0.39, 0.29) is 0 Å². The van der Waals surface area contributed by atoms with E-state index in [1.165, 1.54) is 6.20 Å². The van der Waals surface area contributed by atoms with Crippen molar-refractivity contribution in [1.29, 1.82) is 0 Å². The summed E-state index contributed by atoms with van der Waals surface area (Å²) in [6.45, 7) is 5.01. The number of nitrogens with one attached hydrogen (secondary N) is 2. The fourth-order valence-corrected chi connectivity index (χ4v) is 1.36. The average Bonchev–Trinajstić information content (AvgIpc) is 2.23. The van der Waals surface area contributed by atoms with E-state index in [1.807, 2.05) is 10.9 Å². The van der Waals surface area contributed by atoms with Gasteiger partial charge in [-0.2, -0.15) is 0 Å². The Balaban J connectivity index is 2.59. The first-order valence-electron chi connectivity index (χ1n) is 5.29. The van der Waals surface area contributed by atoms with Crippen LogP contribution in [0.2, 0.25) is 0 Å². The monoisotopic (exact) mass is 333 g/mol. The lowest BCUT2D eigenvalue weighted by Gasteiger charge is -2.19. The molecule has 0 fully saturated rings. The molecule has 1 aromatic rings. The molecule has 6 nitrogen and oxygen atoms in total. The van der Waals surface area contributed by atoms with Crippen LogP contribution < -0.4 is 10.9 Å². The molecule has 0 saturated heterocycles. The number of hydrogen-bond acceptors (Lipinski definition) is 4. The molecular formula is C11H13BrFN3O3. The van der Waals surface area contributed by atoms with Crippen molar-refractivity contribution in [2.45, 2.75) is 26.4 Å². The molecule has 0 spiro atoms. The van der Waals surface area contributed by atoms with Crippen molar-refractivity contribution in [2.24, 2.45) is 0 Å². The Bertz CT molecular complexity index is 502. The minimum absolute atomic E-state index is 0.404. The van der Waals surface area contributed by atoms with Gasteiger partial charge in [-0.1, -0.05) is 0 Å². The maximum atomic E-state index is 13.4. The first kappa shape index (κ1) is 15.4. The van der Waals surface area contributed by atoms with Gasteiger partial charge in [0.1, 0.15) is 5.60 Å². The summed E-state index contributed by atoms with van der Waals surface area (Å²) in [6.07, 6.45) is 0.421. The summed E-state index contributed by atoms with van der Waals surface area (Å²) in [7, 11) is 0. The van der Waals surface area contributed by atoms with E-state index in [1.54, 1.807) is 20.8 Å². The highest BCUT2D eigenvalue weighted by Gasteiger charge is 2.18. The molecule has 1 rings (SSSR count). The number of aromatic nitrogens is 1. The Labute approximate surface area is 117 Å². The molecule has 0 aromatic carbocycles. The standard InChI is InChI=1S/C11H13BrFN3O3/c1-11(2,3)19-10(18)16-15-9(17)8-7(13)4-6(12)5-14-8/h4-5H,1-3H3,(H,15,17)(H,16,18). The quantitative estimate of drug-likeness (QED) is 0.771. The third kappa shape index (κ3) is 5.21. The first-order valence-corrected chi connectivity index (χ1v) is 6.09. The van der Waals surface area contributed by atoms with E-state index in [2.05, 4.69) is 20.9 Å². The van der Waals surface area contributed by atoms with Gasteiger partial charge in [-0.05, 0) is 42.8 Å². The number of rotatable bonds is 1. The largest absolute Gasteiger partial charge is 0.443 e. The molecule has 0 radical (unpaired) electrons. The van der Waals surface area contributed by atoms with E-state index in [9.17, 15) is 14.0 Å². The molecule has 0 bridgehead atoms. The molecule has 0 unspecified atom stereocenters. The minimum Gasteiger partial charge on any atom is -0.443 e. The second kappa shape index (κ2) is 5.96. The van der Waals surface area contributed by atoms with Gasteiger partial charge in [0, 0.05) is 10.7 Å². The Kier molecular flexibility index (Phi) is 4.82. The number of halogens is 2. The number of amides is 2. The van der Waals surface area contributed by atoms with Crippen LogP contribution in [0.15, 0.2) is 16.7 Å². The first-order chi connectivity index (χ1) is 8.69. The lowest BCUT2D eigenvalue weighted by molar-refractivity contribution is 0.0482. The van der Waals surface area contributed by atoms with Gasteiger partial charge >= 0.3 is 6.09 Å². The molecule has 104 valence electrons. The van der Waals surface area contributed by atoms with Crippen molar-refractivity contribution >= 4 is 27.9 Å². The van der Waals surface area contributed by atoms with Crippen LogP contribution in [0.1, 0.15) is 31.3 Å². The SMILES string of the molecule is CC(C)(C)OC(=O)NNC(=O)c1ncc(Br)cc1F. The maximum absolute atomic E-state index is 13.4. The maximum Gasteiger partial charge on any atom is 0.426 e. The molecule has 1 aromatic heterocycles. The molecule has 2 amide bonds. The summed E-state index contributed by atoms with van der Waals surface area (Å²) in [5.41, 5.74) is 2.87. The highest BCUT2D eigenvalue weighted by atomic mass is 79.9. The van der Waals surface area contributed by atoms with Crippen LogP contribution in [0.5, 0.6) is 0 Å². The fourth-order valence-electron chi connectivity index (χ4n) is 1.05. The van der Waals surface area contributed by atoms with Crippen LogP contribution in [-0.4, -0.2) is 22.6 Å². The zero-order valence-corrected chi connectivity index (χ0v) is 12.2. The average molecular weight is 334 g/mol. The molecule has 0 aliphatic rings. The number of hydrazine groups is 1. The smallest absolute Gasteiger partial charge is 0.426 e. The van der Waals surface area contributed by atoms with Gasteiger partial charge in [0.2, 0.25) is 0 Å². The van der Waals surface area contributed by atoms with Crippen LogP contribution in [0.3, 0.4) is 0 Å². The van der Waals surface area contributed by atoms with Crippen LogP contribution >= 0.6 is 15.9 Å². The van der Waals surface area contributed by atoms with Gasteiger partial charge in [0.25, 0.3) is 5.91 Å². The van der Waals surface area contributed by atoms with Crippen molar-refractivity contribution in [3.8, 4) is 0 Å². The van der Waals surface area contributed by atoms with Crippen molar-refractivity contribution in [2.75, 3.05) is 0 Å². The number of nitrogens with zero attached hydrogens (tertiary/aromatic N) is 1. The minimum atomic E-state index is -0.879. The highest BCUT2D eigenvalue weighted by Crippen LogP contribution is 2.12. The summed E-state index contributed by atoms with van der Waals surface area (Å²) in [4.78, 5) is 26.4. The lowest BCUT2D eigenvalue weighted by Crippen LogP contribution is -2.44. The topological polar surface area (TPSA) is 80.3 Å². The second-order valence-electron chi connectivity index (χ2n) is 4.56. The summed E-state index contributed by atoms with van der Waals surface area (Å²) in [5, 5.41) is 0. The zero-order chi connectivity index (χ0) is 14.6. The molecule has 2 N–H and O–H groups in total. The number of carbonyl (C=O) groups is 2. The van der Waals surface area contributed by atoms with Crippen LogP contribution in [0.25, 0.3) is 0 Å². The lowest BCUT2D eigenvalue weighted by atomic mass is 10.2. The van der Waals surface area contributed by atoms with Crippen molar-refractivity contribution in [3.05, 3.63) is 28.2 Å². The zero-order valence-electron chi connectivity index (χ0n) is 10.6. The second-order valence-corrected chi connectivity index (χ2v) is 5.48. The predicted molar refractivity (Wildman–Crippen MR) is 68.7 cm³/mol. The number of ether oxygens (including phenoxy) is 1. The Morgan fingerprint density at radius 1 is 1.37 bits per heavy atom. The molecule has 0 aliphatic heterocycles. The van der Waals surface area contributed by atoms with Crippen molar-refractivity contribution in [3.63, 3.8) is 0 Å². The highest BCUT2D eigenvalue weighted by molar-refractivity contribution is 9.10. The van der Waals surface area contributed by atoms with Gasteiger partial charge in [-0.15, -0.1) is 0 Å². The van der Waals surface area contributed by atoms with Crippen LogP contribution in [0, 0.1) is 5.82 Å².